The predicted molar refractivity (Wildman–Crippen MR) is 257 cm³/mol. The molecule has 3 heterocycles. The second kappa shape index (κ2) is 21.7. The van der Waals surface area contributed by atoms with Crippen LogP contribution in [0.15, 0.2) is 16.7 Å². The van der Waals surface area contributed by atoms with Gasteiger partial charge in [0.05, 0.1) is 31.1 Å². The molecular weight excluding hydrogens is 839 g/mol. The van der Waals surface area contributed by atoms with Gasteiger partial charge in [0.1, 0.15) is 11.9 Å². The highest BCUT2D eigenvalue weighted by Crippen LogP contribution is 2.49. The van der Waals surface area contributed by atoms with Gasteiger partial charge >= 0.3 is 5.97 Å². The second-order valence-electron chi connectivity index (χ2n) is 20.7. The molecule has 1 aromatic rings. The summed E-state index contributed by atoms with van der Waals surface area (Å²) in [5, 5.41) is 4.62. The van der Waals surface area contributed by atoms with E-state index in [4.69, 9.17) is 18.3 Å². The molecule has 15 heteroatoms. The maximum absolute atomic E-state index is 15.2. The summed E-state index contributed by atoms with van der Waals surface area (Å²) in [4.78, 5) is 32.2. The maximum atomic E-state index is 15.2. The van der Waals surface area contributed by atoms with Gasteiger partial charge in [-0.15, -0.1) is 0 Å². The number of cyclic esters (lactones) is 1. The van der Waals surface area contributed by atoms with E-state index in [1.165, 1.54) is 10.9 Å². The van der Waals surface area contributed by atoms with Crippen molar-refractivity contribution in [3.8, 4) is 0 Å². The van der Waals surface area contributed by atoms with Gasteiger partial charge in [0, 0.05) is 63.4 Å². The number of Topliss-reactive ketones (excluding diaryl/α,β-unsaturated/α-hetero) is 1. The van der Waals surface area contributed by atoms with Crippen LogP contribution >= 0.6 is 0 Å². The summed E-state index contributed by atoms with van der Waals surface area (Å²) in [7, 11) is -7.60. The predicted octanol–water partition coefficient (Wildman–Crippen LogP) is 10.5. The van der Waals surface area contributed by atoms with Crippen LogP contribution in [0.2, 0.25) is 61.9 Å². The highest BCUT2D eigenvalue weighted by atomic mass is 32.2. The number of ketones is 1. The van der Waals surface area contributed by atoms with Gasteiger partial charge in [0.25, 0.3) is 0 Å². The largest absolute Gasteiger partial charge is 0.458 e. The quantitative estimate of drug-likeness (QED) is 0.0608. The number of aromatic nitrogens is 2. The lowest BCUT2D eigenvalue weighted by atomic mass is 9.73. The van der Waals surface area contributed by atoms with Crippen LogP contribution < -0.4 is 0 Å². The molecule has 0 saturated carbocycles. The van der Waals surface area contributed by atoms with Crippen molar-refractivity contribution < 1.29 is 36.3 Å². The fraction of sp³-hybridized carbons (Fsp3) is 0.848. The highest BCUT2D eigenvalue weighted by molar-refractivity contribution is 7.90. The summed E-state index contributed by atoms with van der Waals surface area (Å²) in [5.41, 5.74) is 0.0573. The van der Waals surface area contributed by atoms with E-state index in [-0.39, 0.29) is 40.8 Å². The first-order chi connectivity index (χ1) is 28.2. The molecule has 2 fully saturated rings. The number of hydrogen-bond acceptors (Lipinski definition) is 10. The lowest BCUT2D eigenvalue weighted by molar-refractivity contribution is -0.153. The monoisotopic (exact) mass is 926 g/mol. The second-order valence-corrected chi connectivity index (χ2v) is 37.8. The van der Waals surface area contributed by atoms with Crippen LogP contribution in [0.5, 0.6) is 0 Å². The number of hydrogen-bond donors (Lipinski definition) is 0. The lowest BCUT2D eigenvalue weighted by Gasteiger charge is -2.44. The Morgan fingerprint density at radius 1 is 0.951 bits per heavy atom. The molecule has 0 aliphatic carbocycles. The van der Waals surface area contributed by atoms with Crippen LogP contribution in [0, 0.1) is 17.3 Å². The Hall–Kier alpha value is -1.47. The number of fused-ring (bicyclic) bond motifs is 1. The van der Waals surface area contributed by atoms with Crippen molar-refractivity contribution in [1.82, 2.24) is 14.7 Å². The molecule has 2 saturated heterocycles. The summed E-state index contributed by atoms with van der Waals surface area (Å²) in [6.45, 7) is 34.1. The number of rotatable bonds is 18. The lowest BCUT2D eigenvalue weighted by Crippen LogP contribution is -2.53. The van der Waals surface area contributed by atoms with Crippen LogP contribution in [-0.4, -0.2) is 109 Å². The molecule has 8 atom stereocenters. The highest BCUT2D eigenvalue weighted by Gasteiger charge is 2.59. The zero-order valence-corrected chi connectivity index (χ0v) is 45.4. The van der Waals surface area contributed by atoms with E-state index in [9.17, 15) is 13.2 Å². The van der Waals surface area contributed by atoms with Crippen molar-refractivity contribution in [3.05, 3.63) is 17.3 Å². The average molecular weight is 927 g/mol. The normalized spacial score (nSPS) is 29.0. The van der Waals surface area contributed by atoms with Gasteiger partial charge in [-0.2, -0.15) is 5.10 Å². The van der Waals surface area contributed by atoms with E-state index in [0.29, 0.717) is 25.5 Å². The average Bonchev–Trinajstić information content (AvgIpc) is 3.51. The Bertz CT molecular complexity index is 1740. The Labute approximate surface area is 375 Å². The smallest absolute Gasteiger partial charge is 0.309 e. The molecule has 2 aliphatic heterocycles. The Kier molecular flexibility index (Phi) is 19.1. The minimum absolute atomic E-state index is 0.0596. The zero-order valence-electron chi connectivity index (χ0n) is 41.5. The van der Waals surface area contributed by atoms with Gasteiger partial charge in [-0.3, -0.25) is 19.2 Å². The number of aryl methyl sites for hydroxylation is 1. The number of sulfone groups is 1. The first kappa shape index (κ1) is 53.9. The molecule has 0 N–H and O–H groups in total. The zero-order chi connectivity index (χ0) is 46.4. The molecule has 0 amide bonds. The van der Waals surface area contributed by atoms with E-state index >= 15 is 4.79 Å². The molecule has 1 unspecified atom stereocenters. The molecule has 0 spiro atoms. The fourth-order valence-electron chi connectivity index (χ4n) is 9.74. The topological polar surface area (TPSA) is 126 Å². The molecule has 0 radical (unpaired) electrons. The third kappa shape index (κ3) is 13.5. The van der Waals surface area contributed by atoms with E-state index in [2.05, 4.69) is 92.0 Å². The van der Waals surface area contributed by atoms with Gasteiger partial charge in [0.15, 0.2) is 31.5 Å². The van der Waals surface area contributed by atoms with Gasteiger partial charge < -0.3 is 18.3 Å². The third-order valence-corrected chi connectivity index (χ3v) is 27.1. The number of carbonyl (C=O) groups is 2. The van der Waals surface area contributed by atoms with Crippen LogP contribution in [0.3, 0.4) is 0 Å². The first-order valence-corrected chi connectivity index (χ1v) is 34.2. The standard InChI is InChI=1S/C46H87N3O8SSi3/c1-18-60(19-2,20-3)56-40-32-42(50)55-38(35(8)29-37-30-41(48(13)47-37)58(14,52)53)31-39-46(12,49(39)33-54-27-28-59(15,16)17)26-24-25-34(7)43(36(9)44(51)45(40,10)11)57-61(21-4,22-5)23-6/h29-30,34,36,38-40,43H,18-28,31-33H2,1-17H3/b35-29+/t34-,36+,38-,39-,40-,43-,46+,49?/m0/s1. The van der Waals surface area contributed by atoms with Gasteiger partial charge in [-0.05, 0) is 86.6 Å². The molecule has 61 heavy (non-hydrogen) atoms. The van der Waals surface area contributed by atoms with Crippen LogP contribution in [0.1, 0.15) is 121 Å². The van der Waals surface area contributed by atoms with E-state index in [1.807, 2.05) is 26.8 Å². The van der Waals surface area contributed by atoms with Crippen molar-refractivity contribution in [2.45, 2.75) is 212 Å². The Balaban J connectivity index is 2.19. The Morgan fingerprint density at radius 3 is 2.02 bits per heavy atom. The summed E-state index contributed by atoms with van der Waals surface area (Å²) in [5.74, 6) is -0.587. The Morgan fingerprint density at radius 2 is 1.51 bits per heavy atom. The molecule has 0 aromatic carbocycles. The van der Waals surface area contributed by atoms with Gasteiger partial charge in [-0.1, -0.05) is 95.3 Å². The van der Waals surface area contributed by atoms with Gasteiger partial charge in [-0.25, -0.2) is 8.42 Å². The van der Waals surface area contributed by atoms with Gasteiger partial charge in [0.2, 0.25) is 0 Å². The van der Waals surface area contributed by atoms with Crippen molar-refractivity contribution in [1.29, 1.82) is 0 Å². The molecular formula is C46H87N3O8SSi3. The summed E-state index contributed by atoms with van der Waals surface area (Å²) in [6, 6.07) is 8.37. The number of carbonyl (C=O) groups excluding carboxylic acids is 2. The summed E-state index contributed by atoms with van der Waals surface area (Å²) >= 11 is 0. The van der Waals surface area contributed by atoms with Crippen molar-refractivity contribution in [2.75, 3.05) is 19.6 Å². The third-order valence-electron chi connectivity index (χ3n) is 15.0. The van der Waals surface area contributed by atoms with E-state index < -0.39 is 64.1 Å². The van der Waals surface area contributed by atoms with E-state index in [0.717, 1.165) is 67.1 Å². The molecule has 2 aliphatic rings. The molecule has 11 nitrogen and oxygen atoms in total. The van der Waals surface area contributed by atoms with Crippen molar-refractivity contribution >= 4 is 52.4 Å². The minimum atomic E-state index is -3.50. The molecule has 3 rings (SSSR count). The van der Waals surface area contributed by atoms with Crippen LogP contribution in [0.25, 0.3) is 6.08 Å². The van der Waals surface area contributed by atoms with Crippen LogP contribution in [-0.2, 0) is 44.8 Å². The molecule has 1 aromatic heterocycles. The number of nitrogens with zero attached hydrogens (tertiary/aromatic N) is 3. The van der Waals surface area contributed by atoms with Crippen LogP contribution in [0.4, 0.5) is 0 Å². The minimum Gasteiger partial charge on any atom is -0.458 e. The number of ether oxygens (including phenoxy) is 2. The fourth-order valence-corrected chi connectivity index (χ4v) is 17.3. The molecule has 352 valence electrons. The summed E-state index contributed by atoms with van der Waals surface area (Å²) in [6.07, 6.45) is 4.73. The van der Waals surface area contributed by atoms with Crippen molar-refractivity contribution in [3.63, 3.8) is 0 Å². The number of esters is 1. The van der Waals surface area contributed by atoms with E-state index in [1.54, 1.807) is 13.1 Å². The molecule has 0 bridgehead atoms. The maximum Gasteiger partial charge on any atom is 0.309 e. The SMILES string of the molecule is CC[Si](CC)(CC)O[C@H]1[C@@H](C)CCC[C@]2(C)[C@H](C[C@@H](/C(C)=C/c3cc(S(C)(=O)=O)n(C)n3)OC(=O)C[C@H](O[Si](CC)(CC)CC)C(C)(C)C(=O)[C@@H]1C)N2COCC[Si](C)(C)C. The van der Waals surface area contributed by atoms with Crippen molar-refractivity contribution in [2.24, 2.45) is 24.3 Å². The summed E-state index contributed by atoms with van der Waals surface area (Å²) < 4.78 is 54.0. The first-order valence-electron chi connectivity index (χ1n) is 23.6.